The van der Waals surface area contributed by atoms with Crippen molar-refractivity contribution in [2.45, 2.75) is 24.7 Å². The second-order valence-corrected chi connectivity index (χ2v) is 5.88. The molecule has 0 saturated heterocycles. The van der Waals surface area contributed by atoms with Crippen LogP contribution in [0, 0.1) is 0 Å². The summed E-state index contributed by atoms with van der Waals surface area (Å²) in [6.45, 7) is 0.730. The first-order valence-corrected chi connectivity index (χ1v) is 6.79. The molecule has 2 unspecified atom stereocenters. The number of likely N-dealkylation sites (N-methyl/N-ethyl adjacent to an activating group) is 1. The van der Waals surface area contributed by atoms with E-state index in [1.165, 1.54) is 11.3 Å². The molecule has 0 spiro atoms. The molecule has 20 heavy (non-hydrogen) atoms. The molecule has 0 aliphatic rings. The lowest BCUT2D eigenvalue weighted by molar-refractivity contribution is -0.187. The predicted octanol–water partition coefficient (Wildman–Crippen LogP) is 1.75. The number of halogens is 3. The molecule has 0 aromatic carbocycles. The number of carbonyl (C=O) groups is 1. The van der Waals surface area contributed by atoms with Gasteiger partial charge in [0.2, 0.25) is 5.91 Å². The summed E-state index contributed by atoms with van der Waals surface area (Å²) in [5.74, 6) is -1.23. The fourth-order valence-corrected chi connectivity index (χ4v) is 2.44. The normalized spacial score (nSPS) is 16.8. The van der Waals surface area contributed by atoms with Crippen molar-refractivity contribution in [3.05, 3.63) is 22.4 Å². The molecule has 114 valence electrons. The highest BCUT2D eigenvalue weighted by Crippen LogP contribution is 2.28. The van der Waals surface area contributed by atoms with Crippen molar-refractivity contribution in [2.24, 2.45) is 5.73 Å². The van der Waals surface area contributed by atoms with Crippen molar-refractivity contribution >= 4 is 17.2 Å². The maximum absolute atomic E-state index is 12.6. The summed E-state index contributed by atoms with van der Waals surface area (Å²) >= 11 is 1.48. The van der Waals surface area contributed by atoms with Gasteiger partial charge < -0.3 is 16.0 Å². The van der Waals surface area contributed by atoms with Gasteiger partial charge in [0.1, 0.15) is 0 Å². The van der Waals surface area contributed by atoms with Crippen molar-refractivity contribution < 1.29 is 18.0 Å². The van der Waals surface area contributed by atoms with Gasteiger partial charge in [-0.3, -0.25) is 4.79 Å². The first kappa shape index (κ1) is 16.9. The maximum atomic E-state index is 12.6. The number of alkyl halides is 3. The third kappa shape index (κ3) is 3.71. The molecule has 1 aromatic rings. The average Bonchev–Trinajstić information content (AvgIpc) is 2.80. The van der Waals surface area contributed by atoms with Gasteiger partial charge in [0.25, 0.3) is 0 Å². The summed E-state index contributed by atoms with van der Waals surface area (Å²) in [7, 11) is 3.59. The molecule has 1 amide bonds. The van der Waals surface area contributed by atoms with Crippen LogP contribution in [-0.4, -0.2) is 43.2 Å². The SMILES string of the molecule is CN(C)C(CNC(=O)C(C)(N)C(F)(F)F)c1cccs1. The number of thiophene rings is 1. The van der Waals surface area contributed by atoms with Crippen LogP contribution >= 0.6 is 11.3 Å². The zero-order valence-corrected chi connectivity index (χ0v) is 12.3. The number of nitrogens with zero attached hydrogens (tertiary/aromatic N) is 1. The van der Waals surface area contributed by atoms with Gasteiger partial charge in [-0.15, -0.1) is 11.3 Å². The summed E-state index contributed by atoms with van der Waals surface area (Å²) in [5.41, 5.74) is 2.18. The van der Waals surface area contributed by atoms with Gasteiger partial charge in [-0.2, -0.15) is 13.2 Å². The fourth-order valence-electron chi connectivity index (χ4n) is 1.52. The largest absolute Gasteiger partial charge is 0.415 e. The lowest BCUT2D eigenvalue weighted by Crippen LogP contribution is -2.61. The molecule has 1 aromatic heterocycles. The second kappa shape index (κ2) is 6.11. The Morgan fingerprint density at radius 1 is 1.50 bits per heavy atom. The molecular formula is C12H18F3N3OS. The molecular weight excluding hydrogens is 291 g/mol. The van der Waals surface area contributed by atoms with E-state index in [4.69, 9.17) is 5.73 Å². The fraction of sp³-hybridized carbons (Fsp3) is 0.583. The number of amides is 1. The van der Waals surface area contributed by atoms with Crippen molar-refractivity contribution in [1.29, 1.82) is 0 Å². The van der Waals surface area contributed by atoms with Crippen LogP contribution in [0.5, 0.6) is 0 Å². The number of nitrogens with one attached hydrogen (secondary N) is 1. The second-order valence-electron chi connectivity index (χ2n) is 4.90. The highest BCUT2D eigenvalue weighted by molar-refractivity contribution is 7.10. The van der Waals surface area contributed by atoms with Crippen LogP contribution in [0.3, 0.4) is 0 Å². The van der Waals surface area contributed by atoms with E-state index < -0.39 is 17.6 Å². The van der Waals surface area contributed by atoms with Gasteiger partial charge in [-0.25, -0.2) is 0 Å². The van der Waals surface area contributed by atoms with E-state index >= 15 is 0 Å². The third-order valence-corrected chi connectivity index (χ3v) is 3.99. The Hall–Kier alpha value is -1.12. The van der Waals surface area contributed by atoms with E-state index in [-0.39, 0.29) is 12.6 Å². The first-order chi connectivity index (χ1) is 9.07. The standard InChI is InChI=1S/C12H18F3N3OS/c1-11(16,12(13,14)15)10(19)17-7-8(18(2)3)9-5-4-6-20-9/h4-6,8H,7,16H2,1-3H3,(H,17,19). The van der Waals surface area contributed by atoms with Crippen LogP contribution in [0.15, 0.2) is 17.5 Å². The van der Waals surface area contributed by atoms with Crippen LogP contribution in [-0.2, 0) is 4.79 Å². The summed E-state index contributed by atoms with van der Waals surface area (Å²) in [5, 5.41) is 4.15. The van der Waals surface area contributed by atoms with Gasteiger partial charge in [0.05, 0.1) is 6.04 Å². The number of hydrogen-bond donors (Lipinski definition) is 2. The molecule has 0 aliphatic heterocycles. The molecule has 2 atom stereocenters. The molecule has 0 radical (unpaired) electrons. The monoisotopic (exact) mass is 309 g/mol. The summed E-state index contributed by atoms with van der Waals surface area (Å²) in [6, 6.07) is 3.52. The quantitative estimate of drug-likeness (QED) is 0.871. The van der Waals surface area contributed by atoms with Crippen LogP contribution in [0.25, 0.3) is 0 Å². The zero-order valence-electron chi connectivity index (χ0n) is 11.5. The lowest BCUT2D eigenvalue weighted by Gasteiger charge is -2.29. The molecule has 1 heterocycles. The van der Waals surface area contributed by atoms with E-state index in [0.29, 0.717) is 6.92 Å². The third-order valence-electron chi connectivity index (χ3n) is 3.01. The number of hydrogen-bond acceptors (Lipinski definition) is 4. The predicted molar refractivity (Wildman–Crippen MR) is 72.4 cm³/mol. The van der Waals surface area contributed by atoms with Crippen LogP contribution in [0.1, 0.15) is 17.8 Å². The summed E-state index contributed by atoms with van der Waals surface area (Å²) < 4.78 is 37.9. The zero-order chi connectivity index (χ0) is 15.6. The van der Waals surface area contributed by atoms with Gasteiger partial charge >= 0.3 is 6.18 Å². The van der Waals surface area contributed by atoms with Crippen molar-refractivity contribution in [2.75, 3.05) is 20.6 Å². The van der Waals surface area contributed by atoms with Gasteiger partial charge in [0, 0.05) is 11.4 Å². The Bertz CT molecular complexity index is 443. The molecule has 3 N–H and O–H groups in total. The molecule has 1 rings (SSSR count). The topological polar surface area (TPSA) is 58.4 Å². The Kier molecular flexibility index (Phi) is 5.17. The minimum atomic E-state index is -4.78. The Morgan fingerprint density at radius 2 is 2.10 bits per heavy atom. The minimum absolute atomic E-state index is 0.0647. The Morgan fingerprint density at radius 3 is 2.50 bits per heavy atom. The van der Waals surface area contributed by atoms with Gasteiger partial charge in [-0.05, 0) is 32.5 Å². The minimum Gasteiger partial charge on any atom is -0.352 e. The number of carbonyl (C=O) groups excluding carboxylic acids is 1. The Balaban J connectivity index is 2.72. The molecule has 0 fully saturated rings. The van der Waals surface area contributed by atoms with E-state index in [1.54, 1.807) is 14.1 Å². The number of rotatable bonds is 5. The molecule has 8 heteroatoms. The lowest BCUT2D eigenvalue weighted by atomic mass is 10.0. The smallest absolute Gasteiger partial charge is 0.352 e. The van der Waals surface area contributed by atoms with Gasteiger partial charge in [-0.1, -0.05) is 6.07 Å². The van der Waals surface area contributed by atoms with Crippen LogP contribution in [0.4, 0.5) is 13.2 Å². The molecule has 0 saturated carbocycles. The molecule has 0 aliphatic carbocycles. The van der Waals surface area contributed by atoms with Crippen molar-refractivity contribution in [3.8, 4) is 0 Å². The van der Waals surface area contributed by atoms with Crippen LogP contribution < -0.4 is 11.1 Å². The first-order valence-electron chi connectivity index (χ1n) is 5.91. The van der Waals surface area contributed by atoms with Crippen molar-refractivity contribution in [3.63, 3.8) is 0 Å². The summed E-state index contributed by atoms with van der Waals surface area (Å²) in [6.07, 6.45) is -4.78. The van der Waals surface area contributed by atoms with Crippen molar-refractivity contribution in [1.82, 2.24) is 10.2 Å². The highest BCUT2D eigenvalue weighted by Gasteiger charge is 2.53. The van der Waals surface area contributed by atoms with Gasteiger partial charge in [0.15, 0.2) is 5.54 Å². The van der Waals surface area contributed by atoms with E-state index in [2.05, 4.69) is 5.32 Å². The van der Waals surface area contributed by atoms with E-state index in [0.717, 1.165) is 4.88 Å². The average molecular weight is 309 g/mol. The Labute approximate surface area is 119 Å². The van der Waals surface area contributed by atoms with E-state index in [1.807, 2.05) is 22.4 Å². The molecule has 4 nitrogen and oxygen atoms in total. The highest BCUT2D eigenvalue weighted by atomic mass is 32.1. The number of nitrogens with two attached hydrogens (primary N) is 1. The van der Waals surface area contributed by atoms with Crippen LogP contribution in [0.2, 0.25) is 0 Å². The summed E-state index contributed by atoms with van der Waals surface area (Å²) in [4.78, 5) is 14.4. The van der Waals surface area contributed by atoms with E-state index in [9.17, 15) is 18.0 Å². The maximum Gasteiger partial charge on any atom is 0.415 e. The molecule has 0 bridgehead atoms.